The summed E-state index contributed by atoms with van der Waals surface area (Å²) in [6, 6.07) is 22.8. The summed E-state index contributed by atoms with van der Waals surface area (Å²) in [5, 5.41) is 0.688. The average molecular weight is 535 g/mol. The SMILES string of the molecule is COc1ccccc1C(=O)N1CCC(COc2ccc(Cl)c(C)c2)(CC(=O)N(C)Cc2ccccc2)CC1. The van der Waals surface area contributed by atoms with Gasteiger partial charge in [-0.05, 0) is 61.2 Å². The predicted octanol–water partition coefficient (Wildman–Crippen LogP) is 6.01. The van der Waals surface area contributed by atoms with Crippen molar-refractivity contribution in [1.29, 1.82) is 0 Å². The summed E-state index contributed by atoms with van der Waals surface area (Å²) in [6.07, 6.45) is 1.66. The molecule has 6 nitrogen and oxygen atoms in total. The van der Waals surface area contributed by atoms with E-state index in [0.29, 0.717) is 61.8 Å². The highest BCUT2D eigenvalue weighted by atomic mass is 35.5. The number of ether oxygens (including phenoxy) is 2. The van der Waals surface area contributed by atoms with Crippen molar-refractivity contribution in [2.45, 2.75) is 32.7 Å². The second kappa shape index (κ2) is 12.4. The maximum absolute atomic E-state index is 13.4. The zero-order valence-corrected chi connectivity index (χ0v) is 23.0. The lowest BCUT2D eigenvalue weighted by Gasteiger charge is -2.42. The summed E-state index contributed by atoms with van der Waals surface area (Å²) in [7, 11) is 3.41. The first kappa shape index (κ1) is 27.5. The Bertz CT molecular complexity index is 1260. The molecule has 1 heterocycles. The number of methoxy groups -OCH3 is 1. The minimum absolute atomic E-state index is 0.0576. The number of piperidine rings is 1. The maximum Gasteiger partial charge on any atom is 0.257 e. The van der Waals surface area contributed by atoms with Gasteiger partial charge in [-0.25, -0.2) is 0 Å². The Morgan fingerprint density at radius 3 is 2.37 bits per heavy atom. The Morgan fingerprint density at radius 1 is 1.00 bits per heavy atom. The van der Waals surface area contributed by atoms with Gasteiger partial charge >= 0.3 is 0 Å². The van der Waals surface area contributed by atoms with Crippen LogP contribution in [0.2, 0.25) is 5.02 Å². The number of likely N-dealkylation sites (tertiary alicyclic amines) is 1. The van der Waals surface area contributed by atoms with Crippen LogP contribution in [0.3, 0.4) is 0 Å². The van der Waals surface area contributed by atoms with Crippen LogP contribution in [0.15, 0.2) is 72.8 Å². The molecule has 3 aromatic rings. The summed E-state index contributed by atoms with van der Waals surface area (Å²) in [5.41, 5.74) is 2.18. The molecule has 0 saturated carbocycles. The molecule has 0 atom stereocenters. The van der Waals surface area contributed by atoms with Gasteiger partial charge in [-0.15, -0.1) is 0 Å². The fraction of sp³-hybridized carbons (Fsp3) is 0.355. The molecule has 1 aliphatic heterocycles. The molecular formula is C31H35ClN2O4. The van der Waals surface area contributed by atoms with Crippen molar-refractivity contribution in [2.75, 3.05) is 33.9 Å². The Kier molecular flexibility index (Phi) is 8.95. The Balaban J connectivity index is 1.48. The number of halogens is 1. The molecule has 0 bridgehead atoms. The number of hydrogen-bond donors (Lipinski definition) is 0. The van der Waals surface area contributed by atoms with Crippen molar-refractivity contribution in [3.63, 3.8) is 0 Å². The van der Waals surface area contributed by atoms with Crippen LogP contribution in [0.25, 0.3) is 0 Å². The minimum Gasteiger partial charge on any atom is -0.496 e. The fourth-order valence-electron chi connectivity index (χ4n) is 4.89. The molecule has 2 amide bonds. The molecule has 4 rings (SSSR count). The van der Waals surface area contributed by atoms with Crippen molar-refractivity contribution in [2.24, 2.45) is 5.41 Å². The monoisotopic (exact) mass is 534 g/mol. The van der Waals surface area contributed by atoms with Gasteiger partial charge in [0.2, 0.25) is 5.91 Å². The summed E-state index contributed by atoms with van der Waals surface area (Å²) in [4.78, 5) is 30.3. The number of amides is 2. The quantitative estimate of drug-likeness (QED) is 0.337. The lowest BCUT2D eigenvalue weighted by atomic mass is 9.75. The van der Waals surface area contributed by atoms with E-state index in [2.05, 4.69) is 0 Å². The number of benzene rings is 3. The highest BCUT2D eigenvalue weighted by Crippen LogP contribution is 2.38. The third-order valence-corrected chi connectivity index (χ3v) is 7.76. The number of carbonyl (C=O) groups is 2. The van der Waals surface area contributed by atoms with Crippen molar-refractivity contribution in [3.8, 4) is 11.5 Å². The van der Waals surface area contributed by atoms with Crippen molar-refractivity contribution in [1.82, 2.24) is 9.80 Å². The molecular weight excluding hydrogens is 500 g/mol. The van der Waals surface area contributed by atoms with Crippen molar-refractivity contribution >= 4 is 23.4 Å². The number of hydrogen-bond acceptors (Lipinski definition) is 4. The lowest BCUT2D eigenvalue weighted by molar-refractivity contribution is -0.134. The number of nitrogens with zero attached hydrogens (tertiary/aromatic N) is 2. The molecule has 200 valence electrons. The summed E-state index contributed by atoms with van der Waals surface area (Å²) >= 11 is 6.19. The van der Waals surface area contributed by atoms with Gasteiger partial charge in [0, 0.05) is 43.5 Å². The molecule has 0 aromatic heterocycles. The van der Waals surface area contributed by atoms with Gasteiger partial charge < -0.3 is 19.3 Å². The Morgan fingerprint density at radius 2 is 1.68 bits per heavy atom. The van der Waals surface area contributed by atoms with E-state index in [1.54, 1.807) is 24.1 Å². The van der Waals surface area contributed by atoms with Gasteiger partial charge in [-0.1, -0.05) is 54.1 Å². The van der Waals surface area contributed by atoms with Gasteiger partial charge in [-0.2, -0.15) is 0 Å². The van der Waals surface area contributed by atoms with Gasteiger partial charge in [0.15, 0.2) is 0 Å². The van der Waals surface area contributed by atoms with Gasteiger partial charge in [0.25, 0.3) is 5.91 Å². The smallest absolute Gasteiger partial charge is 0.257 e. The summed E-state index contributed by atoms with van der Waals surface area (Å²) in [6.45, 7) is 3.95. The Hall–Kier alpha value is -3.51. The highest BCUT2D eigenvalue weighted by Gasteiger charge is 2.40. The van der Waals surface area contributed by atoms with Crippen LogP contribution in [-0.2, 0) is 11.3 Å². The van der Waals surface area contributed by atoms with E-state index in [1.165, 1.54) is 0 Å². The molecule has 38 heavy (non-hydrogen) atoms. The minimum atomic E-state index is -0.396. The first-order valence-electron chi connectivity index (χ1n) is 12.9. The van der Waals surface area contributed by atoms with E-state index in [9.17, 15) is 9.59 Å². The molecule has 0 spiro atoms. The zero-order chi connectivity index (χ0) is 27.1. The first-order valence-corrected chi connectivity index (χ1v) is 13.3. The topological polar surface area (TPSA) is 59.1 Å². The molecule has 0 radical (unpaired) electrons. The summed E-state index contributed by atoms with van der Waals surface area (Å²) < 4.78 is 11.7. The van der Waals surface area contributed by atoms with Crippen LogP contribution in [0, 0.1) is 12.3 Å². The first-order chi connectivity index (χ1) is 18.3. The van der Waals surface area contributed by atoms with E-state index in [4.69, 9.17) is 21.1 Å². The molecule has 0 unspecified atom stereocenters. The number of rotatable bonds is 9. The van der Waals surface area contributed by atoms with Crippen LogP contribution in [0.4, 0.5) is 0 Å². The highest BCUT2D eigenvalue weighted by molar-refractivity contribution is 6.31. The van der Waals surface area contributed by atoms with Crippen LogP contribution in [0.1, 0.15) is 40.7 Å². The van der Waals surface area contributed by atoms with Crippen molar-refractivity contribution in [3.05, 3.63) is 94.5 Å². The molecule has 1 saturated heterocycles. The molecule has 7 heteroatoms. The van der Waals surface area contributed by atoms with Crippen LogP contribution in [0.5, 0.6) is 11.5 Å². The van der Waals surface area contributed by atoms with Crippen molar-refractivity contribution < 1.29 is 19.1 Å². The number of aryl methyl sites for hydroxylation is 1. The van der Waals surface area contributed by atoms with Crippen LogP contribution < -0.4 is 9.47 Å². The zero-order valence-electron chi connectivity index (χ0n) is 22.3. The number of carbonyl (C=O) groups excluding carboxylic acids is 2. The third kappa shape index (κ3) is 6.67. The van der Waals surface area contributed by atoms with Gasteiger partial charge in [0.05, 0.1) is 19.3 Å². The molecule has 0 N–H and O–H groups in total. The molecule has 3 aromatic carbocycles. The normalized spacial score (nSPS) is 14.6. The van der Waals surface area contributed by atoms with E-state index in [0.717, 1.165) is 16.9 Å². The maximum atomic E-state index is 13.4. The standard InChI is InChI=1S/C31H35ClN2O4/c1-23-19-25(13-14-27(23)32)38-22-31(20-29(35)33(2)21-24-9-5-4-6-10-24)15-17-34(18-16-31)30(36)26-11-7-8-12-28(26)37-3/h4-14,19H,15-18,20-22H2,1-3H3. The van der Waals surface area contributed by atoms with Crippen LogP contribution in [-0.4, -0.2) is 55.5 Å². The van der Waals surface area contributed by atoms with E-state index < -0.39 is 5.41 Å². The molecule has 1 aliphatic rings. The Labute approximate surface area is 230 Å². The van der Waals surface area contributed by atoms with Crippen LogP contribution >= 0.6 is 11.6 Å². The van der Waals surface area contributed by atoms with Gasteiger partial charge in [-0.3, -0.25) is 9.59 Å². The number of para-hydroxylation sites is 1. The average Bonchev–Trinajstić information content (AvgIpc) is 2.94. The molecule has 0 aliphatic carbocycles. The molecule has 1 fully saturated rings. The predicted molar refractivity (Wildman–Crippen MR) is 150 cm³/mol. The third-order valence-electron chi connectivity index (χ3n) is 7.34. The second-order valence-corrected chi connectivity index (χ2v) is 10.5. The van der Waals surface area contributed by atoms with E-state index in [-0.39, 0.29) is 11.8 Å². The second-order valence-electron chi connectivity index (χ2n) is 10.1. The van der Waals surface area contributed by atoms with E-state index >= 15 is 0 Å². The largest absolute Gasteiger partial charge is 0.496 e. The lowest BCUT2D eigenvalue weighted by Crippen LogP contribution is -2.47. The summed E-state index contributed by atoms with van der Waals surface area (Å²) in [5.74, 6) is 1.30. The fourth-order valence-corrected chi connectivity index (χ4v) is 5.01. The van der Waals surface area contributed by atoms with E-state index in [1.807, 2.05) is 79.5 Å². The van der Waals surface area contributed by atoms with Gasteiger partial charge in [0.1, 0.15) is 11.5 Å².